The van der Waals surface area contributed by atoms with Gasteiger partial charge >= 0.3 is 0 Å². The van der Waals surface area contributed by atoms with Crippen LogP contribution in [0.25, 0.3) is 11.0 Å². The molecule has 0 spiro atoms. The largest absolute Gasteiger partial charge is 0.457 e. The highest BCUT2D eigenvalue weighted by molar-refractivity contribution is 5.92. The number of fused-ring (bicyclic) bond motifs is 1. The predicted octanol–water partition coefficient (Wildman–Crippen LogP) is 4.26. The van der Waals surface area contributed by atoms with Gasteiger partial charge in [-0.25, -0.2) is 4.98 Å². The summed E-state index contributed by atoms with van der Waals surface area (Å²) in [7, 11) is 0. The van der Waals surface area contributed by atoms with Gasteiger partial charge in [-0.05, 0) is 55.5 Å². The molecule has 1 atom stereocenters. The number of nitrogens with zero attached hydrogens (tertiary/aromatic N) is 2. The van der Waals surface area contributed by atoms with E-state index in [1.54, 1.807) is 23.6 Å². The zero-order valence-electron chi connectivity index (χ0n) is 17.2. The summed E-state index contributed by atoms with van der Waals surface area (Å²) in [5.74, 6) is 1.81. The second-order valence-corrected chi connectivity index (χ2v) is 7.23. The number of carbonyl (C=O) groups is 1. The molecule has 1 unspecified atom stereocenters. The fourth-order valence-corrected chi connectivity index (χ4v) is 3.18. The van der Waals surface area contributed by atoms with Gasteiger partial charge in [-0.15, -0.1) is 0 Å². The van der Waals surface area contributed by atoms with E-state index in [1.165, 1.54) is 0 Å². The van der Waals surface area contributed by atoms with Crippen LogP contribution in [0.5, 0.6) is 11.5 Å². The second kappa shape index (κ2) is 9.32. The first-order valence-corrected chi connectivity index (χ1v) is 10.1. The summed E-state index contributed by atoms with van der Waals surface area (Å²) in [5.41, 5.74) is 2.30. The molecule has 0 radical (unpaired) electrons. The molecule has 31 heavy (non-hydrogen) atoms. The van der Waals surface area contributed by atoms with Crippen molar-refractivity contribution < 1.29 is 14.6 Å². The molecule has 158 valence electrons. The summed E-state index contributed by atoms with van der Waals surface area (Å²) >= 11 is 0. The Labute approximate surface area is 180 Å². The van der Waals surface area contributed by atoms with E-state index in [0.29, 0.717) is 23.9 Å². The predicted molar refractivity (Wildman–Crippen MR) is 121 cm³/mol. The summed E-state index contributed by atoms with van der Waals surface area (Å²) in [4.78, 5) is 17.3. The van der Waals surface area contributed by atoms with E-state index in [2.05, 4.69) is 15.6 Å². The van der Waals surface area contributed by atoms with Gasteiger partial charge in [0, 0.05) is 12.2 Å². The van der Waals surface area contributed by atoms with Crippen molar-refractivity contribution >= 4 is 28.6 Å². The van der Waals surface area contributed by atoms with Crippen LogP contribution in [0.3, 0.4) is 0 Å². The zero-order valence-corrected chi connectivity index (χ0v) is 17.2. The van der Waals surface area contributed by atoms with Gasteiger partial charge in [0.15, 0.2) is 0 Å². The van der Waals surface area contributed by atoms with Crippen LogP contribution in [0, 0.1) is 0 Å². The van der Waals surface area contributed by atoms with E-state index in [9.17, 15) is 9.90 Å². The first kappa shape index (κ1) is 20.4. The molecule has 7 nitrogen and oxygen atoms in total. The Morgan fingerprint density at radius 3 is 2.42 bits per heavy atom. The van der Waals surface area contributed by atoms with Crippen molar-refractivity contribution in [2.45, 2.75) is 19.6 Å². The van der Waals surface area contributed by atoms with Crippen LogP contribution in [0.2, 0.25) is 0 Å². The Hall–Kier alpha value is -3.84. The molecule has 0 bridgehead atoms. The second-order valence-electron chi connectivity index (χ2n) is 7.23. The van der Waals surface area contributed by atoms with Crippen LogP contribution in [0.1, 0.15) is 6.92 Å². The maximum atomic E-state index is 12.7. The summed E-state index contributed by atoms with van der Waals surface area (Å²) < 4.78 is 7.59. The summed E-state index contributed by atoms with van der Waals surface area (Å²) in [6.45, 7) is 2.12. The molecule has 0 aliphatic heterocycles. The van der Waals surface area contributed by atoms with E-state index < -0.39 is 6.10 Å². The summed E-state index contributed by atoms with van der Waals surface area (Å²) in [6, 6.07) is 24.4. The van der Waals surface area contributed by atoms with Gasteiger partial charge in [-0.2, -0.15) is 0 Å². The number of aromatic nitrogens is 2. The zero-order chi connectivity index (χ0) is 21.6. The SMILES string of the molecule is CC(O)CNc1nc2ccccc2n1CC(=O)Nc1ccc(Oc2ccccc2)cc1. The number of amides is 1. The molecule has 0 saturated carbocycles. The maximum absolute atomic E-state index is 12.7. The van der Waals surface area contributed by atoms with Crippen LogP contribution < -0.4 is 15.4 Å². The third-order valence-electron chi connectivity index (χ3n) is 4.63. The van der Waals surface area contributed by atoms with Crippen molar-refractivity contribution in [1.29, 1.82) is 0 Å². The lowest BCUT2D eigenvalue weighted by atomic mass is 10.3. The Balaban J connectivity index is 1.45. The Morgan fingerprint density at radius 2 is 1.68 bits per heavy atom. The molecule has 0 aliphatic carbocycles. The summed E-state index contributed by atoms with van der Waals surface area (Å²) in [5, 5.41) is 15.6. The van der Waals surface area contributed by atoms with Gasteiger partial charge in [-0.3, -0.25) is 4.79 Å². The number of para-hydroxylation sites is 3. The fourth-order valence-electron chi connectivity index (χ4n) is 3.18. The first-order chi connectivity index (χ1) is 15.1. The standard InChI is InChI=1S/C24H24N4O3/c1-17(29)15-25-24-27-21-9-5-6-10-22(21)28(24)16-23(30)26-18-11-13-20(14-12-18)31-19-7-3-2-4-8-19/h2-14,17,29H,15-16H2,1H3,(H,25,27)(H,26,30). The monoisotopic (exact) mass is 416 g/mol. The number of aliphatic hydroxyl groups excluding tert-OH is 1. The minimum absolute atomic E-state index is 0.0882. The van der Waals surface area contributed by atoms with Crippen molar-refractivity contribution in [3.05, 3.63) is 78.9 Å². The minimum Gasteiger partial charge on any atom is -0.457 e. The molecule has 0 aliphatic rings. The molecule has 3 aromatic carbocycles. The topological polar surface area (TPSA) is 88.4 Å². The van der Waals surface area contributed by atoms with Crippen molar-refractivity contribution in [2.24, 2.45) is 0 Å². The Bertz CT molecular complexity index is 1150. The van der Waals surface area contributed by atoms with Crippen molar-refractivity contribution in [3.8, 4) is 11.5 Å². The highest BCUT2D eigenvalue weighted by Gasteiger charge is 2.14. The van der Waals surface area contributed by atoms with Gasteiger partial charge in [0.05, 0.1) is 17.1 Å². The van der Waals surface area contributed by atoms with E-state index in [4.69, 9.17) is 4.74 Å². The number of hydrogen-bond donors (Lipinski definition) is 3. The number of hydrogen-bond acceptors (Lipinski definition) is 5. The molecule has 0 fully saturated rings. The lowest BCUT2D eigenvalue weighted by molar-refractivity contribution is -0.116. The smallest absolute Gasteiger partial charge is 0.244 e. The maximum Gasteiger partial charge on any atom is 0.244 e. The molecule has 7 heteroatoms. The van der Waals surface area contributed by atoms with Crippen molar-refractivity contribution in [1.82, 2.24) is 9.55 Å². The quantitative estimate of drug-likeness (QED) is 0.399. The van der Waals surface area contributed by atoms with Gasteiger partial charge in [0.2, 0.25) is 11.9 Å². The molecule has 1 heterocycles. The number of carbonyl (C=O) groups excluding carboxylic acids is 1. The third kappa shape index (κ3) is 5.21. The number of aliphatic hydroxyl groups is 1. The number of anilines is 2. The van der Waals surface area contributed by atoms with Gasteiger partial charge in [-0.1, -0.05) is 30.3 Å². The molecule has 1 amide bonds. The average molecular weight is 416 g/mol. The molecule has 4 aromatic rings. The highest BCUT2D eigenvalue weighted by atomic mass is 16.5. The highest BCUT2D eigenvalue weighted by Crippen LogP contribution is 2.23. The molecule has 1 aromatic heterocycles. The number of imidazole rings is 1. The summed E-state index contributed by atoms with van der Waals surface area (Å²) in [6.07, 6.45) is -0.529. The fraction of sp³-hybridized carbons (Fsp3) is 0.167. The van der Waals surface area contributed by atoms with Gasteiger partial charge < -0.3 is 25.0 Å². The molecule has 3 N–H and O–H groups in total. The lowest BCUT2D eigenvalue weighted by Gasteiger charge is -2.12. The lowest BCUT2D eigenvalue weighted by Crippen LogP contribution is -2.22. The number of nitrogens with one attached hydrogen (secondary N) is 2. The van der Waals surface area contributed by atoms with Crippen LogP contribution >= 0.6 is 0 Å². The molecular formula is C24H24N4O3. The van der Waals surface area contributed by atoms with Gasteiger partial charge in [0.1, 0.15) is 18.0 Å². The van der Waals surface area contributed by atoms with Crippen LogP contribution in [-0.2, 0) is 11.3 Å². The molecule has 0 saturated heterocycles. The number of benzene rings is 3. The Kier molecular flexibility index (Phi) is 6.14. The third-order valence-corrected chi connectivity index (χ3v) is 4.63. The molecular weight excluding hydrogens is 392 g/mol. The van der Waals surface area contributed by atoms with Gasteiger partial charge in [0.25, 0.3) is 0 Å². The normalized spacial score (nSPS) is 11.8. The molecule has 4 rings (SSSR count). The van der Waals surface area contributed by atoms with Crippen molar-refractivity contribution in [3.63, 3.8) is 0 Å². The van der Waals surface area contributed by atoms with E-state index in [0.717, 1.165) is 16.8 Å². The van der Waals surface area contributed by atoms with Crippen LogP contribution in [-0.4, -0.2) is 33.2 Å². The van der Waals surface area contributed by atoms with E-state index in [-0.39, 0.29) is 12.5 Å². The number of rotatable bonds is 8. The Morgan fingerprint density at radius 1 is 1.00 bits per heavy atom. The average Bonchev–Trinajstić information content (AvgIpc) is 3.12. The van der Waals surface area contributed by atoms with Crippen LogP contribution in [0.4, 0.5) is 11.6 Å². The van der Waals surface area contributed by atoms with Crippen molar-refractivity contribution in [2.75, 3.05) is 17.2 Å². The first-order valence-electron chi connectivity index (χ1n) is 10.1. The van der Waals surface area contributed by atoms with E-state index in [1.807, 2.05) is 66.7 Å². The minimum atomic E-state index is -0.529. The number of ether oxygens (including phenoxy) is 1. The van der Waals surface area contributed by atoms with Crippen LogP contribution in [0.15, 0.2) is 78.9 Å². The van der Waals surface area contributed by atoms with E-state index >= 15 is 0 Å².